The molecule has 1 N–H and O–H groups in total. The minimum atomic E-state index is -2.65. The number of imide groups is 1. The molecule has 29 heavy (non-hydrogen) atoms. The number of carbonyl (C=O) groups is 2. The second-order valence-corrected chi connectivity index (χ2v) is 7.35. The number of ether oxygens (including phenoxy) is 1. The molecule has 0 spiro atoms. The highest BCUT2D eigenvalue weighted by molar-refractivity contribution is 7.61. The number of nitrogens with one attached hydrogen (secondary N) is 1. The monoisotopic (exact) mass is 425 g/mol. The standard InChI is InChI=1S/C20H31N3O5S/c1-5-7-8-9-10-15(3)23(20(25)21-4)19(24)14-16-11-12-18(28-6-2)17(13-16)22-29(26)27/h11-13,15H,5-10,14H2,1-4H3,(H,21,25). The van der Waals surface area contributed by atoms with Gasteiger partial charge >= 0.3 is 16.5 Å². The summed E-state index contributed by atoms with van der Waals surface area (Å²) < 4.78 is 30.9. The van der Waals surface area contributed by atoms with Crippen LogP contribution in [-0.4, -0.2) is 45.0 Å². The van der Waals surface area contributed by atoms with E-state index in [1.54, 1.807) is 19.1 Å². The molecule has 0 heterocycles. The number of nitrogens with zero attached hydrogens (tertiary/aromatic N) is 2. The van der Waals surface area contributed by atoms with Crippen LogP contribution in [0.4, 0.5) is 10.5 Å². The summed E-state index contributed by atoms with van der Waals surface area (Å²) in [6.45, 7) is 6.12. The highest BCUT2D eigenvalue weighted by Gasteiger charge is 2.26. The third-order valence-electron chi connectivity index (χ3n) is 4.47. The van der Waals surface area contributed by atoms with E-state index in [1.165, 1.54) is 18.0 Å². The summed E-state index contributed by atoms with van der Waals surface area (Å²) >= 11 is 0. The molecule has 0 aliphatic rings. The van der Waals surface area contributed by atoms with E-state index in [1.807, 2.05) is 6.92 Å². The third kappa shape index (κ3) is 8.23. The molecule has 1 aromatic carbocycles. The van der Waals surface area contributed by atoms with Crippen molar-refractivity contribution in [2.45, 2.75) is 65.3 Å². The van der Waals surface area contributed by atoms with Gasteiger partial charge in [0.25, 0.3) is 0 Å². The van der Waals surface area contributed by atoms with Crippen LogP contribution in [0.15, 0.2) is 22.6 Å². The number of urea groups is 1. The number of rotatable bonds is 11. The van der Waals surface area contributed by atoms with Crippen molar-refractivity contribution < 1.29 is 22.7 Å². The molecule has 1 aromatic rings. The van der Waals surface area contributed by atoms with Gasteiger partial charge < -0.3 is 10.1 Å². The van der Waals surface area contributed by atoms with Gasteiger partial charge in [0, 0.05) is 13.1 Å². The fourth-order valence-electron chi connectivity index (χ4n) is 3.04. The van der Waals surface area contributed by atoms with E-state index in [4.69, 9.17) is 4.74 Å². The normalized spacial score (nSPS) is 11.4. The lowest BCUT2D eigenvalue weighted by Crippen LogP contribution is -2.48. The Hall–Kier alpha value is -2.42. The maximum atomic E-state index is 12.9. The Morgan fingerprint density at radius 3 is 2.52 bits per heavy atom. The average molecular weight is 426 g/mol. The number of hydrogen-bond acceptors (Lipinski definition) is 6. The maximum Gasteiger partial charge on any atom is 0.324 e. The van der Waals surface area contributed by atoms with Crippen LogP contribution in [-0.2, 0) is 21.7 Å². The van der Waals surface area contributed by atoms with Crippen molar-refractivity contribution in [2.75, 3.05) is 13.7 Å². The summed E-state index contributed by atoms with van der Waals surface area (Å²) in [5.74, 6) is -0.0361. The Kier molecular flexibility index (Phi) is 11.0. The Morgan fingerprint density at radius 2 is 1.93 bits per heavy atom. The molecule has 0 radical (unpaired) electrons. The van der Waals surface area contributed by atoms with E-state index in [0.29, 0.717) is 17.9 Å². The molecule has 0 aliphatic heterocycles. The van der Waals surface area contributed by atoms with Gasteiger partial charge in [0.1, 0.15) is 11.4 Å². The highest BCUT2D eigenvalue weighted by atomic mass is 32.2. The Labute approximate surface area is 174 Å². The van der Waals surface area contributed by atoms with Crippen LogP contribution in [0.2, 0.25) is 0 Å². The van der Waals surface area contributed by atoms with Crippen molar-refractivity contribution in [3.63, 3.8) is 0 Å². The molecular formula is C20H31N3O5S. The van der Waals surface area contributed by atoms with Gasteiger partial charge in [0.05, 0.1) is 13.0 Å². The van der Waals surface area contributed by atoms with Gasteiger partial charge in [0.15, 0.2) is 0 Å². The molecule has 9 heteroatoms. The molecule has 1 atom stereocenters. The first-order chi connectivity index (χ1) is 13.8. The van der Waals surface area contributed by atoms with Crippen molar-refractivity contribution in [1.29, 1.82) is 0 Å². The van der Waals surface area contributed by atoms with Crippen LogP contribution in [0.25, 0.3) is 0 Å². The molecule has 0 bridgehead atoms. The zero-order valence-electron chi connectivity index (χ0n) is 17.6. The Bertz CT molecular complexity index is 815. The predicted molar refractivity (Wildman–Crippen MR) is 112 cm³/mol. The predicted octanol–water partition coefficient (Wildman–Crippen LogP) is 3.85. The van der Waals surface area contributed by atoms with Crippen molar-refractivity contribution in [3.8, 4) is 5.75 Å². The molecule has 0 aliphatic carbocycles. The van der Waals surface area contributed by atoms with Gasteiger partial charge in [-0.05, 0) is 38.0 Å². The summed E-state index contributed by atoms with van der Waals surface area (Å²) in [7, 11) is -1.16. The highest BCUT2D eigenvalue weighted by Crippen LogP contribution is 2.29. The number of unbranched alkanes of at least 4 members (excludes halogenated alkanes) is 3. The van der Waals surface area contributed by atoms with Gasteiger partial charge in [-0.25, -0.2) is 4.79 Å². The van der Waals surface area contributed by atoms with Crippen molar-refractivity contribution in [2.24, 2.45) is 4.36 Å². The fourth-order valence-corrected chi connectivity index (χ4v) is 3.34. The molecule has 3 amide bonds. The molecule has 0 saturated heterocycles. The van der Waals surface area contributed by atoms with Crippen molar-refractivity contribution in [3.05, 3.63) is 23.8 Å². The maximum absolute atomic E-state index is 12.9. The molecule has 0 fully saturated rings. The fraction of sp³-hybridized carbons (Fsp3) is 0.600. The van der Waals surface area contributed by atoms with Crippen LogP contribution in [0, 0.1) is 0 Å². The van der Waals surface area contributed by atoms with Crippen molar-refractivity contribution in [1.82, 2.24) is 10.2 Å². The summed E-state index contributed by atoms with van der Waals surface area (Å²) in [6.07, 6.45) is 4.93. The zero-order chi connectivity index (χ0) is 21.8. The number of hydrogen-bond donors (Lipinski definition) is 1. The number of carbonyl (C=O) groups excluding carboxylic acids is 2. The molecule has 1 rings (SSSR count). The summed E-state index contributed by atoms with van der Waals surface area (Å²) in [5.41, 5.74) is 0.680. The lowest BCUT2D eigenvalue weighted by atomic mass is 10.1. The van der Waals surface area contributed by atoms with Crippen LogP contribution >= 0.6 is 0 Å². The summed E-state index contributed by atoms with van der Waals surface area (Å²) in [6, 6.07) is 4.06. The smallest absolute Gasteiger partial charge is 0.324 e. The molecular weight excluding hydrogens is 394 g/mol. The molecule has 162 valence electrons. The molecule has 1 unspecified atom stereocenters. The van der Waals surface area contributed by atoms with E-state index in [0.717, 1.165) is 32.1 Å². The van der Waals surface area contributed by atoms with Crippen LogP contribution in [0.3, 0.4) is 0 Å². The molecule has 0 saturated carbocycles. The van der Waals surface area contributed by atoms with Gasteiger partial charge in [-0.15, -0.1) is 4.36 Å². The lowest BCUT2D eigenvalue weighted by molar-refractivity contribution is -0.129. The molecule has 0 aromatic heterocycles. The van der Waals surface area contributed by atoms with Gasteiger partial charge in [-0.3, -0.25) is 9.69 Å². The van der Waals surface area contributed by atoms with E-state index in [9.17, 15) is 18.0 Å². The average Bonchev–Trinajstić information content (AvgIpc) is 2.67. The van der Waals surface area contributed by atoms with E-state index >= 15 is 0 Å². The van der Waals surface area contributed by atoms with Crippen molar-refractivity contribution >= 4 is 28.1 Å². The molecule has 8 nitrogen and oxygen atoms in total. The second-order valence-electron chi connectivity index (χ2n) is 6.74. The lowest BCUT2D eigenvalue weighted by Gasteiger charge is -2.27. The largest absolute Gasteiger partial charge is 0.492 e. The second kappa shape index (κ2) is 12.9. The topological polar surface area (TPSA) is 105 Å². The number of amides is 3. The third-order valence-corrected chi connectivity index (χ3v) is 4.81. The first-order valence-electron chi connectivity index (χ1n) is 9.94. The first kappa shape index (κ1) is 24.6. The van der Waals surface area contributed by atoms with Gasteiger partial charge in [-0.2, -0.15) is 8.42 Å². The van der Waals surface area contributed by atoms with Gasteiger partial charge in [0.2, 0.25) is 5.91 Å². The summed E-state index contributed by atoms with van der Waals surface area (Å²) in [4.78, 5) is 26.4. The van der Waals surface area contributed by atoms with E-state index in [2.05, 4.69) is 16.6 Å². The van der Waals surface area contributed by atoms with Crippen LogP contribution < -0.4 is 10.1 Å². The van der Waals surface area contributed by atoms with Crippen LogP contribution in [0.1, 0.15) is 58.4 Å². The number of benzene rings is 1. The van der Waals surface area contributed by atoms with Gasteiger partial charge in [-0.1, -0.05) is 38.7 Å². The summed E-state index contributed by atoms with van der Waals surface area (Å²) in [5, 5.41) is 2.52. The van der Waals surface area contributed by atoms with E-state index < -0.39 is 16.5 Å². The Morgan fingerprint density at radius 1 is 1.21 bits per heavy atom. The minimum absolute atomic E-state index is 0.0485. The first-order valence-corrected chi connectivity index (χ1v) is 11.0. The quantitative estimate of drug-likeness (QED) is 0.542. The van der Waals surface area contributed by atoms with E-state index in [-0.39, 0.29) is 24.1 Å². The SMILES string of the molecule is CCCCCCC(C)N(C(=O)Cc1ccc(OCC)c(N=S(=O)=O)c1)C(=O)NC. The Balaban J connectivity index is 3.01. The zero-order valence-corrected chi connectivity index (χ0v) is 18.4. The van der Waals surface area contributed by atoms with Crippen LogP contribution in [0.5, 0.6) is 5.75 Å². The minimum Gasteiger partial charge on any atom is -0.492 e.